The van der Waals surface area contributed by atoms with Crippen molar-refractivity contribution in [1.82, 2.24) is 4.31 Å². The molecule has 1 aliphatic carbocycles. The third-order valence-electron chi connectivity index (χ3n) is 3.66. The average molecular weight is 307 g/mol. The van der Waals surface area contributed by atoms with Gasteiger partial charge in [-0.05, 0) is 12.8 Å². The predicted molar refractivity (Wildman–Crippen MR) is 71.6 cm³/mol. The van der Waals surface area contributed by atoms with E-state index in [1.807, 2.05) is 0 Å². The maximum Gasteiger partial charge on any atom is 0.310 e. The van der Waals surface area contributed by atoms with Gasteiger partial charge in [-0.15, -0.1) is 0 Å². The third-order valence-corrected chi connectivity index (χ3v) is 6.04. The molecule has 0 amide bonds. The Balaban J connectivity index is 2.86. The molecular weight excluding hydrogens is 286 g/mol. The van der Waals surface area contributed by atoms with Crippen LogP contribution in [-0.4, -0.2) is 55.7 Å². The molecule has 0 aromatic heterocycles. The Morgan fingerprint density at radius 2 is 1.90 bits per heavy atom. The van der Waals surface area contributed by atoms with Gasteiger partial charge in [-0.1, -0.05) is 12.8 Å². The molecule has 0 saturated heterocycles. The normalized spacial score (nSPS) is 23.6. The van der Waals surface area contributed by atoms with E-state index < -0.39 is 33.1 Å². The van der Waals surface area contributed by atoms with Crippen molar-refractivity contribution in [2.24, 2.45) is 5.92 Å². The van der Waals surface area contributed by atoms with Crippen LogP contribution in [-0.2, 0) is 24.3 Å². The van der Waals surface area contributed by atoms with Crippen molar-refractivity contribution in [3.05, 3.63) is 0 Å². The smallest absolute Gasteiger partial charge is 0.310 e. The number of carboxylic acid groups (broad SMARTS) is 1. The number of sulfonamides is 1. The summed E-state index contributed by atoms with van der Waals surface area (Å²) in [5.74, 6) is -2.23. The maximum atomic E-state index is 12.5. The molecule has 7 nitrogen and oxygen atoms in total. The summed E-state index contributed by atoms with van der Waals surface area (Å²) in [5.41, 5.74) is 0. The number of carbonyl (C=O) groups is 2. The van der Waals surface area contributed by atoms with Crippen molar-refractivity contribution in [1.29, 1.82) is 0 Å². The first-order chi connectivity index (χ1) is 9.30. The molecule has 1 saturated carbocycles. The zero-order valence-corrected chi connectivity index (χ0v) is 12.6. The molecule has 2 atom stereocenters. The summed E-state index contributed by atoms with van der Waals surface area (Å²) in [5, 5.41) is 7.80. The van der Waals surface area contributed by atoms with Gasteiger partial charge in [-0.2, -0.15) is 0 Å². The van der Waals surface area contributed by atoms with Gasteiger partial charge in [0, 0.05) is 13.6 Å². The Hall–Kier alpha value is -1.15. The second-order valence-electron chi connectivity index (χ2n) is 4.96. The number of carboxylic acids is 1. The van der Waals surface area contributed by atoms with Gasteiger partial charge in [-0.3, -0.25) is 9.59 Å². The fraction of sp³-hybridized carbons (Fsp3) is 0.833. The van der Waals surface area contributed by atoms with E-state index in [4.69, 9.17) is 5.11 Å². The lowest BCUT2D eigenvalue weighted by atomic mass is 9.89. The van der Waals surface area contributed by atoms with Crippen molar-refractivity contribution < 1.29 is 27.9 Å². The van der Waals surface area contributed by atoms with Crippen molar-refractivity contribution in [3.8, 4) is 0 Å². The minimum absolute atomic E-state index is 0.0952. The topological polar surface area (TPSA) is 101 Å². The largest absolute Gasteiger partial charge is 0.481 e. The molecule has 1 fully saturated rings. The van der Waals surface area contributed by atoms with E-state index in [0.717, 1.165) is 17.1 Å². The van der Waals surface area contributed by atoms with Gasteiger partial charge >= 0.3 is 11.9 Å². The summed E-state index contributed by atoms with van der Waals surface area (Å²) in [7, 11) is -1.10. The molecule has 1 aliphatic rings. The van der Waals surface area contributed by atoms with Crippen LogP contribution in [0.5, 0.6) is 0 Å². The number of rotatable bonds is 6. The zero-order chi connectivity index (χ0) is 15.3. The molecule has 8 heteroatoms. The zero-order valence-electron chi connectivity index (χ0n) is 11.7. The van der Waals surface area contributed by atoms with Gasteiger partial charge in [0.25, 0.3) is 0 Å². The molecule has 20 heavy (non-hydrogen) atoms. The molecule has 0 aliphatic heterocycles. The van der Waals surface area contributed by atoms with Gasteiger partial charge in [-0.25, -0.2) is 12.7 Å². The van der Waals surface area contributed by atoms with E-state index >= 15 is 0 Å². The number of carbonyl (C=O) groups excluding carboxylic acids is 1. The van der Waals surface area contributed by atoms with Crippen LogP contribution in [0.1, 0.15) is 32.1 Å². The lowest BCUT2D eigenvalue weighted by Crippen LogP contribution is -2.45. The van der Waals surface area contributed by atoms with Gasteiger partial charge in [0.2, 0.25) is 10.0 Å². The first-order valence-electron chi connectivity index (χ1n) is 6.55. The fourth-order valence-electron chi connectivity index (χ4n) is 2.49. The third kappa shape index (κ3) is 3.92. The van der Waals surface area contributed by atoms with E-state index in [2.05, 4.69) is 4.74 Å². The number of hydrogen-bond donors (Lipinski definition) is 1. The van der Waals surface area contributed by atoms with Crippen LogP contribution in [0.25, 0.3) is 0 Å². The molecule has 1 rings (SSSR count). The number of methoxy groups -OCH3 is 1. The van der Waals surface area contributed by atoms with Crippen LogP contribution < -0.4 is 0 Å². The average Bonchev–Trinajstić information content (AvgIpc) is 2.43. The highest BCUT2D eigenvalue weighted by atomic mass is 32.2. The summed E-state index contributed by atoms with van der Waals surface area (Å²) < 4.78 is 30.6. The number of ether oxygens (including phenoxy) is 1. The predicted octanol–water partition coefficient (Wildman–Crippen LogP) is 0.455. The van der Waals surface area contributed by atoms with Crippen molar-refractivity contribution in [2.75, 3.05) is 20.7 Å². The summed E-state index contributed by atoms with van der Waals surface area (Å²) in [6.45, 7) is -0.0952. The van der Waals surface area contributed by atoms with Gasteiger partial charge in [0.05, 0.1) is 24.7 Å². The number of hydrogen-bond acceptors (Lipinski definition) is 5. The molecule has 0 bridgehead atoms. The monoisotopic (exact) mass is 307 g/mol. The second kappa shape index (κ2) is 7.03. The Labute approximate surface area is 118 Å². The summed E-state index contributed by atoms with van der Waals surface area (Å²) in [6.07, 6.45) is 2.17. The van der Waals surface area contributed by atoms with Crippen molar-refractivity contribution in [2.45, 2.75) is 37.4 Å². The van der Waals surface area contributed by atoms with Crippen LogP contribution in [0.4, 0.5) is 0 Å². The highest BCUT2D eigenvalue weighted by molar-refractivity contribution is 7.89. The molecule has 0 spiro atoms. The minimum atomic E-state index is -3.69. The van der Waals surface area contributed by atoms with E-state index in [-0.39, 0.29) is 13.0 Å². The van der Waals surface area contributed by atoms with Crippen LogP contribution in [0.3, 0.4) is 0 Å². The molecule has 0 aromatic rings. The first-order valence-corrected chi connectivity index (χ1v) is 8.05. The number of esters is 1. The molecule has 0 aromatic carbocycles. The highest BCUT2D eigenvalue weighted by Crippen LogP contribution is 2.31. The molecule has 2 unspecified atom stereocenters. The Morgan fingerprint density at radius 1 is 1.30 bits per heavy atom. The fourth-order valence-corrected chi connectivity index (χ4v) is 4.42. The van der Waals surface area contributed by atoms with Crippen molar-refractivity contribution >= 4 is 22.0 Å². The van der Waals surface area contributed by atoms with Crippen LogP contribution in [0.2, 0.25) is 0 Å². The van der Waals surface area contributed by atoms with Crippen molar-refractivity contribution in [3.63, 3.8) is 0 Å². The SMILES string of the molecule is COC(=O)C1CCCCC1S(=O)(=O)N(C)CCC(=O)O. The molecule has 0 heterocycles. The molecule has 1 N–H and O–H groups in total. The van der Waals surface area contributed by atoms with Crippen LogP contribution in [0.15, 0.2) is 0 Å². The maximum absolute atomic E-state index is 12.5. The summed E-state index contributed by atoms with van der Waals surface area (Å²) in [4.78, 5) is 22.2. The van der Waals surface area contributed by atoms with E-state index in [9.17, 15) is 18.0 Å². The Kier molecular flexibility index (Phi) is 5.94. The van der Waals surface area contributed by atoms with E-state index in [0.29, 0.717) is 12.8 Å². The summed E-state index contributed by atoms with van der Waals surface area (Å²) in [6, 6.07) is 0. The number of aliphatic carboxylic acids is 1. The highest BCUT2D eigenvalue weighted by Gasteiger charge is 2.42. The second-order valence-corrected chi connectivity index (χ2v) is 7.22. The Bertz CT molecular complexity index is 461. The standard InChI is InChI=1S/C12H21NO6S/c1-13(8-7-11(14)15)20(17,18)10-6-4-3-5-9(10)12(16)19-2/h9-10H,3-8H2,1-2H3,(H,14,15). The number of nitrogens with zero attached hydrogens (tertiary/aromatic N) is 1. The molecular formula is C12H21NO6S. The quantitative estimate of drug-likeness (QED) is 0.715. The minimum Gasteiger partial charge on any atom is -0.481 e. The van der Waals surface area contributed by atoms with Crippen LogP contribution in [0, 0.1) is 5.92 Å². The van der Waals surface area contributed by atoms with E-state index in [1.165, 1.54) is 14.2 Å². The van der Waals surface area contributed by atoms with Gasteiger partial charge in [0.1, 0.15) is 0 Å². The molecule has 0 radical (unpaired) electrons. The Morgan fingerprint density at radius 3 is 2.45 bits per heavy atom. The summed E-state index contributed by atoms with van der Waals surface area (Å²) >= 11 is 0. The lowest BCUT2D eigenvalue weighted by Gasteiger charge is -2.32. The van der Waals surface area contributed by atoms with Gasteiger partial charge < -0.3 is 9.84 Å². The van der Waals surface area contributed by atoms with E-state index in [1.54, 1.807) is 0 Å². The first kappa shape index (κ1) is 16.9. The molecule has 116 valence electrons. The van der Waals surface area contributed by atoms with Gasteiger partial charge in [0.15, 0.2) is 0 Å². The lowest BCUT2D eigenvalue weighted by molar-refractivity contribution is -0.146. The van der Waals surface area contributed by atoms with Crippen LogP contribution >= 0.6 is 0 Å².